The van der Waals surface area contributed by atoms with E-state index in [1.54, 1.807) is 25.1 Å². The lowest BCUT2D eigenvalue weighted by molar-refractivity contribution is 0.147. The minimum atomic E-state index is -3.18. The molecule has 5 nitrogen and oxygen atoms in total. The highest BCUT2D eigenvalue weighted by molar-refractivity contribution is 7.90. The van der Waals surface area contributed by atoms with E-state index < -0.39 is 14.8 Å². The molecule has 6 heteroatoms. The number of hydrogen-bond acceptors (Lipinski definition) is 4. The highest BCUT2D eigenvalue weighted by atomic mass is 32.2. The largest absolute Gasteiger partial charge is 0.329 e. The molecule has 0 saturated carbocycles. The van der Waals surface area contributed by atoms with E-state index >= 15 is 0 Å². The van der Waals surface area contributed by atoms with Gasteiger partial charge in [0.05, 0.1) is 4.75 Å². The van der Waals surface area contributed by atoms with Gasteiger partial charge in [0, 0.05) is 38.8 Å². The van der Waals surface area contributed by atoms with Crippen LogP contribution in [0, 0.1) is 0 Å². The van der Waals surface area contributed by atoms with Gasteiger partial charge in [0.2, 0.25) is 10.0 Å². The van der Waals surface area contributed by atoms with Crippen molar-refractivity contribution in [2.24, 2.45) is 5.73 Å². The lowest BCUT2D eigenvalue weighted by Gasteiger charge is -2.39. The van der Waals surface area contributed by atoms with Crippen molar-refractivity contribution in [2.45, 2.75) is 38.5 Å². The maximum Gasteiger partial charge on any atom is 0.219 e. The van der Waals surface area contributed by atoms with Gasteiger partial charge in [-0.25, -0.2) is 8.42 Å². The minimum absolute atomic E-state index is 0.328. The fourth-order valence-electron chi connectivity index (χ4n) is 1.92. The van der Waals surface area contributed by atoms with Gasteiger partial charge in [0.25, 0.3) is 0 Å². The molecule has 0 amide bonds. The molecule has 1 atom stereocenters. The first-order valence-electron chi connectivity index (χ1n) is 6.14. The normalized spacial score (nSPS) is 22.6. The van der Waals surface area contributed by atoms with E-state index in [9.17, 15) is 8.42 Å². The first kappa shape index (κ1) is 14.9. The van der Waals surface area contributed by atoms with Crippen molar-refractivity contribution in [1.29, 1.82) is 0 Å². The Balaban J connectivity index is 2.65. The molecule has 1 rings (SSSR count). The number of sulfonamides is 1. The molecule has 0 bridgehead atoms. The molecular weight excluding hydrogens is 238 g/mol. The second-order valence-electron chi connectivity index (χ2n) is 5.64. The van der Waals surface area contributed by atoms with E-state index in [0.29, 0.717) is 25.7 Å². The van der Waals surface area contributed by atoms with Crippen LogP contribution in [0.2, 0.25) is 0 Å². The van der Waals surface area contributed by atoms with E-state index in [1.165, 1.54) is 0 Å². The van der Waals surface area contributed by atoms with Crippen LogP contribution in [0.1, 0.15) is 27.7 Å². The van der Waals surface area contributed by atoms with Crippen LogP contribution >= 0.6 is 0 Å². The molecule has 0 spiro atoms. The zero-order valence-electron chi connectivity index (χ0n) is 11.3. The van der Waals surface area contributed by atoms with Crippen molar-refractivity contribution in [3.63, 3.8) is 0 Å². The predicted octanol–water partition coefficient (Wildman–Crippen LogP) is 0.0795. The quantitative estimate of drug-likeness (QED) is 0.783. The van der Waals surface area contributed by atoms with E-state index in [0.717, 1.165) is 13.1 Å². The van der Waals surface area contributed by atoms with Gasteiger partial charge in [0.1, 0.15) is 0 Å². The first-order chi connectivity index (χ1) is 7.70. The van der Waals surface area contributed by atoms with Crippen molar-refractivity contribution in [3.8, 4) is 0 Å². The summed E-state index contributed by atoms with van der Waals surface area (Å²) in [6, 6.07) is 0.328. The molecule has 0 aromatic rings. The van der Waals surface area contributed by atoms with Crippen LogP contribution in [0.4, 0.5) is 0 Å². The monoisotopic (exact) mass is 263 g/mol. The highest BCUT2D eigenvalue weighted by Crippen LogP contribution is 2.21. The molecule has 1 aliphatic heterocycles. The average molecular weight is 263 g/mol. The zero-order valence-corrected chi connectivity index (χ0v) is 12.1. The molecule has 0 radical (unpaired) electrons. The summed E-state index contributed by atoms with van der Waals surface area (Å²) in [6.07, 6.45) is 0. The number of rotatable bonds is 3. The highest BCUT2D eigenvalue weighted by Gasteiger charge is 2.37. The number of nitrogens with zero attached hydrogens (tertiary/aromatic N) is 2. The summed E-state index contributed by atoms with van der Waals surface area (Å²) < 4.78 is 25.4. The molecular formula is C11H25N3O2S. The molecule has 1 fully saturated rings. The Kier molecular flexibility index (Phi) is 4.57. The van der Waals surface area contributed by atoms with Gasteiger partial charge < -0.3 is 5.73 Å². The van der Waals surface area contributed by atoms with Crippen LogP contribution in [0.5, 0.6) is 0 Å². The number of nitrogens with two attached hydrogens (primary N) is 1. The SMILES string of the molecule is CC(CN)N1CCN(S(=O)(=O)C(C)(C)C)CC1. The van der Waals surface area contributed by atoms with Crippen molar-refractivity contribution in [1.82, 2.24) is 9.21 Å². The summed E-state index contributed by atoms with van der Waals surface area (Å²) in [4.78, 5) is 2.24. The Morgan fingerprint density at radius 1 is 1.18 bits per heavy atom. The van der Waals surface area contributed by atoms with Crippen molar-refractivity contribution >= 4 is 10.0 Å². The van der Waals surface area contributed by atoms with Gasteiger partial charge in [-0.3, -0.25) is 4.90 Å². The van der Waals surface area contributed by atoms with Crippen LogP contribution in [-0.2, 0) is 10.0 Å². The Labute approximate surface area is 105 Å². The van der Waals surface area contributed by atoms with E-state index in [-0.39, 0.29) is 0 Å². The van der Waals surface area contributed by atoms with Crippen molar-refractivity contribution in [3.05, 3.63) is 0 Å². The summed E-state index contributed by atoms with van der Waals surface area (Å²) in [6.45, 7) is 10.6. The summed E-state index contributed by atoms with van der Waals surface area (Å²) in [5.41, 5.74) is 5.62. The molecule has 17 heavy (non-hydrogen) atoms. The minimum Gasteiger partial charge on any atom is -0.329 e. The van der Waals surface area contributed by atoms with Gasteiger partial charge in [-0.1, -0.05) is 0 Å². The van der Waals surface area contributed by atoms with Gasteiger partial charge in [-0.2, -0.15) is 4.31 Å². The van der Waals surface area contributed by atoms with Gasteiger partial charge in [0.15, 0.2) is 0 Å². The van der Waals surface area contributed by atoms with Crippen LogP contribution < -0.4 is 5.73 Å². The summed E-state index contributed by atoms with van der Waals surface area (Å²) in [5, 5.41) is 0. The van der Waals surface area contributed by atoms with Gasteiger partial charge in [-0.05, 0) is 27.7 Å². The lowest BCUT2D eigenvalue weighted by atomic mass is 10.2. The Morgan fingerprint density at radius 2 is 1.65 bits per heavy atom. The average Bonchev–Trinajstić information content (AvgIpc) is 2.26. The summed E-state index contributed by atoms with van der Waals surface area (Å²) in [7, 11) is -3.18. The second kappa shape index (κ2) is 5.22. The van der Waals surface area contributed by atoms with Crippen LogP contribution in [0.15, 0.2) is 0 Å². The number of piperazine rings is 1. The lowest BCUT2D eigenvalue weighted by Crippen LogP contribution is -2.55. The molecule has 2 N–H and O–H groups in total. The molecule has 0 aromatic carbocycles. The molecule has 0 aliphatic carbocycles. The Hall–Kier alpha value is -0.170. The third-order valence-corrected chi connectivity index (χ3v) is 5.94. The maximum absolute atomic E-state index is 12.2. The first-order valence-corrected chi connectivity index (χ1v) is 7.58. The van der Waals surface area contributed by atoms with Crippen LogP contribution in [-0.4, -0.2) is 61.1 Å². The standard InChI is InChI=1S/C11H25N3O2S/c1-10(9-12)13-5-7-14(8-6-13)17(15,16)11(2,3)4/h10H,5-9,12H2,1-4H3. The third kappa shape index (κ3) is 3.19. The Bertz CT molecular complexity index is 340. The van der Waals surface area contributed by atoms with Crippen LogP contribution in [0.25, 0.3) is 0 Å². The van der Waals surface area contributed by atoms with E-state index in [1.807, 2.05) is 0 Å². The number of hydrogen-bond donors (Lipinski definition) is 1. The van der Waals surface area contributed by atoms with Crippen molar-refractivity contribution < 1.29 is 8.42 Å². The maximum atomic E-state index is 12.2. The van der Waals surface area contributed by atoms with Crippen LogP contribution in [0.3, 0.4) is 0 Å². The third-order valence-electron chi connectivity index (χ3n) is 3.35. The topological polar surface area (TPSA) is 66.6 Å². The molecule has 1 saturated heterocycles. The smallest absolute Gasteiger partial charge is 0.219 e. The van der Waals surface area contributed by atoms with Gasteiger partial charge >= 0.3 is 0 Å². The molecule has 1 unspecified atom stereocenters. The molecule has 102 valence electrons. The Morgan fingerprint density at radius 3 is 2.00 bits per heavy atom. The van der Waals surface area contributed by atoms with Gasteiger partial charge in [-0.15, -0.1) is 0 Å². The van der Waals surface area contributed by atoms with Crippen molar-refractivity contribution in [2.75, 3.05) is 32.7 Å². The molecule has 1 aliphatic rings. The molecule has 1 heterocycles. The zero-order chi connectivity index (χ0) is 13.3. The van der Waals surface area contributed by atoms with E-state index in [4.69, 9.17) is 5.73 Å². The summed E-state index contributed by atoms with van der Waals surface area (Å²) >= 11 is 0. The fourth-order valence-corrected chi connectivity index (χ4v) is 3.34. The fraction of sp³-hybridized carbons (Fsp3) is 1.00. The molecule has 0 aromatic heterocycles. The summed E-state index contributed by atoms with van der Waals surface area (Å²) in [5.74, 6) is 0. The van der Waals surface area contributed by atoms with E-state index in [2.05, 4.69) is 11.8 Å². The predicted molar refractivity (Wildman–Crippen MR) is 70.3 cm³/mol. The second-order valence-corrected chi connectivity index (χ2v) is 8.33.